The van der Waals surface area contributed by atoms with Gasteiger partial charge in [-0.15, -0.1) is 0 Å². The minimum atomic E-state index is 0.0975. The number of hydrogen-bond acceptors (Lipinski definition) is 5. The lowest BCUT2D eigenvalue weighted by molar-refractivity contribution is 0.0619. The van der Waals surface area contributed by atoms with Crippen LogP contribution in [0.1, 0.15) is 18.5 Å². The zero-order valence-corrected chi connectivity index (χ0v) is 11.6. The average Bonchev–Trinajstić information content (AvgIpc) is 2.36. The van der Waals surface area contributed by atoms with Gasteiger partial charge < -0.3 is 20.8 Å². The number of benzene rings is 1. The third-order valence-electron chi connectivity index (χ3n) is 3.91. The molecule has 0 saturated carbocycles. The van der Waals surface area contributed by atoms with Gasteiger partial charge in [0.05, 0.1) is 0 Å². The van der Waals surface area contributed by atoms with E-state index >= 15 is 0 Å². The minimum Gasteiger partial charge on any atom is -0.508 e. The molecular formula is C14H23N3O2. The predicted molar refractivity (Wildman–Crippen MR) is 75.2 cm³/mol. The second-order valence-corrected chi connectivity index (χ2v) is 5.35. The highest BCUT2D eigenvalue weighted by Crippen LogP contribution is 2.30. The van der Waals surface area contributed by atoms with Gasteiger partial charge in [-0.3, -0.25) is 4.90 Å². The predicted octanol–water partition coefficient (Wildman–Crippen LogP) is 0.734. The van der Waals surface area contributed by atoms with Crippen LogP contribution < -0.4 is 5.73 Å². The van der Waals surface area contributed by atoms with Crippen molar-refractivity contribution >= 4 is 0 Å². The summed E-state index contributed by atoms with van der Waals surface area (Å²) in [6.07, 6.45) is 0. The van der Waals surface area contributed by atoms with Gasteiger partial charge in [0.2, 0.25) is 0 Å². The van der Waals surface area contributed by atoms with Crippen molar-refractivity contribution < 1.29 is 10.2 Å². The second-order valence-electron chi connectivity index (χ2n) is 5.35. The molecule has 0 spiro atoms. The Hall–Kier alpha value is -1.30. The van der Waals surface area contributed by atoms with Gasteiger partial charge >= 0.3 is 0 Å². The van der Waals surface area contributed by atoms with Crippen molar-refractivity contribution in [1.82, 2.24) is 9.80 Å². The molecule has 0 bridgehead atoms. The normalized spacial score (nSPS) is 23.4. The lowest BCUT2D eigenvalue weighted by Gasteiger charge is -2.43. The standard InChI is InChI=1S/C14H23N3O2/c1-10(11-5-13(18)7-14(19)6-11)17-4-3-16(2)9-12(17)8-15/h5-7,10,12,18-19H,3-4,8-9,15H2,1-2H3. The van der Waals surface area contributed by atoms with Crippen molar-refractivity contribution in [2.45, 2.75) is 19.0 Å². The maximum Gasteiger partial charge on any atom is 0.119 e. The van der Waals surface area contributed by atoms with Crippen LogP contribution in [0, 0.1) is 0 Å². The molecule has 0 amide bonds. The van der Waals surface area contributed by atoms with Crippen LogP contribution >= 0.6 is 0 Å². The van der Waals surface area contributed by atoms with E-state index in [9.17, 15) is 10.2 Å². The van der Waals surface area contributed by atoms with Crippen molar-refractivity contribution in [3.8, 4) is 11.5 Å². The molecule has 1 aliphatic rings. The molecule has 1 saturated heterocycles. The van der Waals surface area contributed by atoms with Gasteiger partial charge in [-0.2, -0.15) is 0 Å². The minimum absolute atomic E-state index is 0.0975. The van der Waals surface area contributed by atoms with Crippen molar-refractivity contribution in [3.63, 3.8) is 0 Å². The van der Waals surface area contributed by atoms with E-state index in [-0.39, 0.29) is 17.5 Å². The van der Waals surface area contributed by atoms with Crippen molar-refractivity contribution in [2.24, 2.45) is 5.73 Å². The molecule has 5 nitrogen and oxygen atoms in total. The molecule has 1 heterocycles. The molecule has 0 radical (unpaired) electrons. The number of rotatable bonds is 3. The first-order valence-corrected chi connectivity index (χ1v) is 6.68. The smallest absolute Gasteiger partial charge is 0.119 e. The fraction of sp³-hybridized carbons (Fsp3) is 0.571. The van der Waals surface area contributed by atoms with Crippen molar-refractivity contribution in [2.75, 3.05) is 33.2 Å². The zero-order chi connectivity index (χ0) is 14.0. The van der Waals surface area contributed by atoms with Crippen molar-refractivity contribution in [1.29, 1.82) is 0 Å². The molecule has 1 aromatic rings. The molecule has 1 aliphatic heterocycles. The summed E-state index contributed by atoms with van der Waals surface area (Å²) < 4.78 is 0. The lowest BCUT2D eigenvalue weighted by Crippen LogP contribution is -2.55. The largest absolute Gasteiger partial charge is 0.508 e. The maximum atomic E-state index is 9.59. The van der Waals surface area contributed by atoms with Gasteiger partial charge in [-0.05, 0) is 31.7 Å². The van der Waals surface area contributed by atoms with Gasteiger partial charge in [-0.1, -0.05) is 0 Å². The van der Waals surface area contributed by atoms with E-state index in [0.29, 0.717) is 12.6 Å². The molecule has 5 heteroatoms. The summed E-state index contributed by atoms with van der Waals surface area (Å²) >= 11 is 0. The van der Waals surface area contributed by atoms with Crippen LogP contribution in [0.2, 0.25) is 0 Å². The van der Waals surface area contributed by atoms with Crippen LogP contribution in [0.5, 0.6) is 11.5 Å². The number of piperazine rings is 1. The monoisotopic (exact) mass is 265 g/mol. The van der Waals surface area contributed by atoms with Gasteiger partial charge in [-0.25, -0.2) is 0 Å². The fourth-order valence-corrected chi connectivity index (χ4v) is 2.80. The molecule has 2 rings (SSSR count). The molecule has 0 aromatic heterocycles. The van der Waals surface area contributed by atoms with Crippen LogP contribution in [0.25, 0.3) is 0 Å². The number of nitrogens with two attached hydrogens (primary N) is 1. The van der Waals surface area contributed by atoms with Crippen LogP contribution in [-0.2, 0) is 0 Å². The number of nitrogens with zero attached hydrogens (tertiary/aromatic N) is 2. The van der Waals surface area contributed by atoms with Crippen LogP contribution in [0.4, 0.5) is 0 Å². The highest BCUT2D eigenvalue weighted by molar-refractivity contribution is 5.38. The quantitative estimate of drug-likeness (QED) is 0.751. The summed E-state index contributed by atoms with van der Waals surface area (Å²) in [5, 5.41) is 19.2. The lowest BCUT2D eigenvalue weighted by atomic mass is 10.0. The number of phenolic OH excluding ortho intramolecular Hbond substituents is 2. The Bertz CT molecular complexity index is 418. The first kappa shape index (κ1) is 14.1. The van der Waals surface area contributed by atoms with E-state index < -0.39 is 0 Å². The Kier molecular flexibility index (Phi) is 4.29. The highest BCUT2D eigenvalue weighted by Gasteiger charge is 2.28. The van der Waals surface area contributed by atoms with E-state index in [1.807, 2.05) is 0 Å². The van der Waals surface area contributed by atoms with Gasteiger partial charge in [0.25, 0.3) is 0 Å². The number of likely N-dealkylation sites (N-methyl/N-ethyl adjacent to an activating group) is 1. The van der Waals surface area contributed by atoms with Crippen LogP contribution in [0.3, 0.4) is 0 Å². The third kappa shape index (κ3) is 3.18. The fourth-order valence-electron chi connectivity index (χ4n) is 2.80. The Labute approximate surface area is 114 Å². The SMILES string of the molecule is CC(c1cc(O)cc(O)c1)N1CCN(C)CC1CN. The molecule has 4 N–H and O–H groups in total. The molecule has 2 atom stereocenters. The van der Waals surface area contributed by atoms with Crippen molar-refractivity contribution in [3.05, 3.63) is 23.8 Å². The first-order valence-electron chi connectivity index (χ1n) is 6.68. The van der Waals surface area contributed by atoms with Gasteiger partial charge in [0, 0.05) is 44.3 Å². The topological polar surface area (TPSA) is 73.0 Å². The van der Waals surface area contributed by atoms with E-state index in [1.165, 1.54) is 6.07 Å². The Morgan fingerprint density at radius 1 is 1.26 bits per heavy atom. The molecule has 1 aromatic carbocycles. The number of hydrogen-bond donors (Lipinski definition) is 3. The van der Waals surface area contributed by atoms with Crippen LogP contribution in [-0.4, -0.2) is 59.3 Å². The average molecular weight is 265 g/mol. The Morgan fingerprint density at radius 3 is 2.47 bits per heavy atom. The van der Waals surface area contributed by atoms with E-state index in [1.54, 1.807) is 12.1 Å². The number of phenols is 2. The summed E-state index contributed by atoms with van der Waals surface area (Å²) in [5.74, 6) is 0.195. The Balaban J connectivity index is 2.19. The van der Waals surface area contributed by atoms with E-state index in [4.69, 9.17) is 5.73 Å². The van der Waals surface area contributed by atoms with Gasteiger partial charge in [0.1, 0.15) is 11.5 Å². The zero-order valence-electron chi connectivity index (χ0n) is 11.6. The highest BCUT2D eigenvalue weighted by atomic mass is 16.3. The molecule has 2 unspecified atom stereocenters. The molecule has 106 valence electrons. The maximum absolute atomic E-state index is 9.59. The molecule has 0 aliphatic carbocycles. The van der Waals surface area contributed by atoms with E-state index in [2.05, 4.69) is 23.8 Å². The molecule has 1 fully saturated rings. The molecular weight excluding hydrogens is 242 g/mol. The second kappa shape index (κ2) is 5.77. The number of aromatic hydroxyl groups is 2. The first-order chi connectivity index (χ1) is 9.01. The van der Waals surface area contributed by atoms with Gasteiger partial charge in [0.15, 0.2) is 0 Å². The third-order valence-corrected chi connectivity index (χ3v) is 3.91. The Morgan fingerprint density at radius 2 is 1.89 bits per heavy atom. The summed E-state index contributed by atoms with van der Waals surface area (Å²) in [6.45, 7) is 5.59. The summed E-state index contributed by atoms with van der Waals surface area (Å²) in [4.78, 5) is 4.62. The summed E-state index contributed by atoms with van der Waals surface area (Å²) in [7, 11) is 2.10. The van der Waals surface area contributed by atoms with E-state index in [0.717, 1.165) is 25.2 Å². The summed E-state index contributed by atoms with van der Waals surface area (Å²) in [6, 6.07) is 5.19. The molecule has 19 heavy (non-hydrogen) atoms. The summed E-state index contributed by atoms with van der Waals surface area (Å²) in [5.41, 5.74) is 6.78. The van der Waals surface area contributed by atoms with Crippen LogP contribution in [0.15, 0.2) is 18.2 Å².